The van der Waals surface area contributed by atoms with Gasteiger partial charge in [-0.3, -0.25) is 14.8 Å². The van der Waals surface area contributed by atoms with Gasteiger partial charge in [0.15, 0.2) is 0 Å². The third kappa shape index (κ3) is 5.00. The fourth-order valence-corrected chi connectivity index (χ4v) is 4.67. The number of unbranched alkanes of at least 4 members (excludes halogenated alkanes) is 2. The Bertz CT molecular complexity index is 993. The fraction of sp³-hybridized carbons (Fsp3) is 0.333. The van der Waals surface area contributed by atoms with Gasteiger partial charge >= 0.3 is 0 Å². The summed E-state index contributed by atoms with van der Waals surface area (Å²) in [5, 5.41) is 8.52. The Hall–Kier alpha value is -3.18. The lowest BCUT2D eigenvalue weighted by Gasteiger charge is -2.31. The first-order valence-corrected chi connectivity index (χ1v) is 11.5. The summed E-state index contributed by atoms with van der Waals surface area (Å²) < 4.78 is 0. The lowest BCUT2D eigenvalue weighted by Crippen LogP contribution is -2.36. The number of piperidine rings is 1. The zero-order valence-corrected chi connectivity index (χ0v) is 18.3. The van der Waals surface area contributed by atoms with Crippen molar-refractivity contribution in [3.63, 3.8) is 0 Å². The molecular formula is C27H30N2O3. The van der Waals surface area contributed by atoms with Crippen molar-refractivity contribution in [2.24, 2.45) is 0 Å². The minimum absolute atomic E-state index is 0.198. The van der Waals surface area contributed by atoms with E-state index >= 15 is 0 Å². The number of likely N-dealkylation sites (tertiary alicyclic amines) is 1. The van der Waals surface area contributed by atoms with Gasteiger partial charge in [-0.05, 0) is 53.5 Å². The van der Waals surface area contributed by atoms with E-state index in [1.165, 1.54) is 33.4 Å². The van der Waals surface area contributed by atoms with Crippen LogP contribution >= 0.6 is 0 Å². The molecule has 4 rings (SSSR count). The zero-order chi connectivity index (χ0) is 22.3. The average Bonchev–Trinajstić information content (AvgIpc) is 3.00. The van der Waals surface area contributed by atoms with Gasteiger partial charge in [0.1, 0.15) is 0 Å². The Kier molecular flexibility index (Phi) is 7.17. The van der Waals surface area contributed by atoms with Crippen molar-refractivity contribution < 1.29 is 14.8 Å². The normalized spacial score (nSPS) is 15.1. The molecule has 0 atom stereocenters. The number of benzene rings is 2. The van der Waals surface area contributed by atoms with E-state index < -0.39 is 0 Å². The van der Waals surface area contributed by atoms with Gasteiger partial charge in [-0.25, -0.2) is 5.48 Å². The lowest BCUT2D eigenvalue weighted by molar-refractivity contribution is -0.131. The molecule has 1 aliphatic carbocycles. The summed E-state index contributed by atoms with van der Waals surface area (Å²) in [6, 6.07) is 17.1. The first-order chi connectivity index (χ1) is 15.7. The highest BCUT2D eigenvalue weighted by Gasteiger charge is 2.24. The number of nitrogens with zero attached hydrogens (tertiary/aromatic N) is 1. The molecule has 166 valence electrons. The number of fused-ring (bicyclic) bond motifs is 2. The molecule has 1 heterocycles. The van der Waals surface area contributed by atoms with Crippen molar-refractivity contribution in [2.75, 3.05) is 13.1 Å². The standard InChI is InChI=1S/C27H30N2O3/c30-25(28-32)12-2-1-3-13-26(31)29-18-16-22(17-19-29)27-23-10-6-4-8-20(23)14-15-21-9-5-7-11-24(21)27/h4-11,14-15,32H,1-3,12-13,16-19H2,(H,28,30). The predicted molar refractivity (Wildman–Crippen MR) is 127 cm³/mol. The van der Waals surface area contributed by atoms with E-state index in [-0.39, 0.29) is 11.8 Å². The molecule has 0 bridgehead atoms. The number of hydrogen-bond acceptors (Lipinski definition) is 3. The zero-order valence-electron chi connectivity index (χ0n) is 18.3. The Labute approximate surface area is 189 Å². The SMILES string of the molecule is O=C(CCCCCC(=O)N1CCC(=C2c3ccccc3C=Cc3ccccc32)CC1)NO. The van der Waals surface area contributed by atoms with Crippen LogP contribution in [0.25, 0.3) is 17.7 Å². The van der Waals surface area contributed by atoms with Crippen molar-refractivity contribution in [3.05, 3.63) is 76.4 Å². The largest absolute Gasteiger partial charge is 0.342 e. The first kappa shape index (κ1) is 22.0. The van der Waals surface area contributed by atoms with Crippen molar-refractivity contribution in [1.82, 2.24) is 10.4 Å². The molecule has 0 unspecified atom stereocenters. The van der Waals surface area contributed by atoms with Gasteiger partial charge in [0.25, 0.3) is 0 Å². The van der Waals surface area contributed by atoms with Crippen molar-refractivity contribution in [1.29, 1.82) is 0 Å². The minimum Gasteiger partial charge on any atom is -0.342 e. The fourth-order valence-electron chi connectivity index (χ4n) is 4.67. The Morgan fingerprint density at radius 2 is 1.38 bits per heavy atom. The summed E-state index contributed by atoms with van der Waals surface area (Å²) in [4.78, 5) is 25.7. The summed E-state index contributed by atoms with van der Waals surface area (Å²) in [5.74, 6) is -0.172. The highest BCUT2D eigenvalue weighted by molar-refractivity contribution is 5.95. The molecule has 32 heavy (non-hydrogen) atoms. The highest BCUT2D eigenvalue weighted by atomic mass is 16.5. The number of hydroxylamine groups is 1. The van der Waals surface area contributed by atoms with Crippen LogP contribution < -0.4 is 5.48 Å². The number of amides is 2. The van der Waals surface area contributed by atoms with Gasteiger partial charge in [-0.1, -0.05) is 72.7 Å². The van der Waals surface area contributed by atoms with E-state index in [9.17, 15) is 9.59 Å². The Balaban J connectivity index is 1.43. The van der Waals surface area contributed by atoms with Gasteiger partial charge in [0, 0.05) is 25.9 Å². The van der Waals surface area contributed by atoms with E-state index in [0.717, 1.165) is 38.8 Å². The molecule has 2 aromatic carbocycles. The van der Waals surface area contributed by atoms with Gasteiger partial charge in [-0.2, -0.15) is 0 Å². The second-order valence-electron chi connectivity index (χ2n) is 8.46. The van der Waals surface area contributed by atoms with Gasteiger partial charge in [0.2, 0.25) is 11.8 Å². The number of hydrogen-bond donors (Lipinski definition) is 2. The average molecular weight is 431 g/mol. The molecule has 1 saturated heterocycles. The van der Waals surface area contributed by atoms with Crippen LogP contribution in [0.4, 0.5) is 0 Å². The third-order valence-corrected chi connectivity index (χ3v) is 6.40. The van der Waals surface area contributed by atoms with Gasteiger partial charge in [0.05, 0.1) is 0 Å². The van der Waals surface area contributed by atoms with Crippen LogP contribution in [0.5, 0.6) is 0 Å². The predicted octanol–water partition coefficient (Wildman–Crippen LogP) is 5.05. The maximum Gasteiger partial charge on any atom is 0.243 e. The molecule has 2 aromatic rings. The number of nitrogens with one attached hydrogen (secondary N) is 1. The van der Waals surface area contributed by atoms with E-state index in [4.69, 9.17) is 5.21 Å². The van der Waals surface area contributed by atoms with Crippen LogP contribution in [0, 0.1) is 0 Å². The maximum absolute atomic E-state index is 12.7. The Morgan fingerprint density at radius 3 is 1.97 bits per heavy atom. The molecule has 0 spiro atoms. The quantitative estimate of drug-likeness (QED) is 0.327. The summed E-state index contributed by atoms with van der Waals surface area (Å²) in [5.41, 5.74) is 9.41. The third-order valence-electron chi connectivity index (χ3n) is 6.40. The highest BCUT2D eigenvalue weighted by Crippen LogP contribution is 2.38. The van der Waals surface area contributed by atoms with Crippen LogP contribution in [0.2, 0.25) is 0 Å². The monoisotopic (exact) mass is 430 g/mol. The van der Waals surface area contributed by atoms with Gasteiger partial charge < -0.3 is 4.90 Å². The first-order valence-electron chi connectivity index (χ1n) is 11.5. The van der Waals surface area contributed by atoms with Crippen LogP contribution in [0.3, 0.4) is 0 Å². The second kappa shape index (κ2) is 10.4. The summed E-state index contributed by atoms with van der Waals surface area (Å²) in [6.07, 6.45) is 9.25. The molecule has 0 radical (unpaired) electrons. The van der Waals surface area contributed by atoms with Crippen LogP contribution in [-0.2, 0) is 9.59 Å². The van der Waals surface area contributed by atoms with E-state index in [2.05, 4.69) is 60.7 Å². The minimum atomic E-state index is -0.371. The van der Waals surface area contributed by atoms with E-state index in [1.54, 1.807) is 5.48 Å². The summed E-state index contributed by atoms with van der Waals surface area (Å²) >= 11 is 0. The molecule has 0 aromatic heterocycles. The lowest BCUT2D eigenvalue weighted by atomic mass is 9.86. The van der Waals surface area contributed by atoms with Crippen LogP contribution in [-0.4, -0.2) is 35.0 Å². The maximum atomic E-state index is 12.7. The molecule has 0 saturated carbocycles. The number of carbonyl (C=O) groups excluding carboxylic acids is 2. The van der Waals surface area contributed by atoms with E-state index in [0.29, 0.717) is 19.3 Å². The van der Waals surface area contributed by atoms with Crippen molar-refractivity contribution in [2.45, 2.75) is 44.9 Å². The van der Waals surface area contributed by atoms with Gasteiger partial charge in [-0.15, -0.1) is 0 Å². The molecule has 5 nitrogen and oxygen atoms in total. The van der Waals surface area contributed by atoms with E-state index in [1.807, 2.05) is 4.90 Å². The topological polar surface area (TPSA) is 69.6 Å². The van der Waals surface area contributed by atoms with Crippen molar-refractivity contribution >= 4 is 29.5 Å². The molecule has 2 amide bonds. The molecule has 5 heteroatoms. The molecule has 1 fully saturated rings. The number of rotatable bonds is 6. The van der Waals surface area contributed by atoms with Crippen molar-refractivity contribution in [3.8, 4) is 0 Å². The van der Waals surface area contributed by atoms with Crippen LogP contribution in [0.1, 0.15) is 67.2 Å². The van der Waals surface area contributed by atoms with Crippen LogP contribution in [0.15, 0.2) is 54.1 Å². The summed E-state index contributed by atoms with van der Waals surface area (Å²) in [6.45, 7) is 1.50. The smallest absolute Gasteiger partial charge is 0.243 e. The molecule has 2 N–H and O–H groups in total. The molecule has 1 aliphatic heterocycles. The number of carbonyl (C=O) groups is 2. The summed E-state index contributed by atoms with van der Waals surface area (Å²) in [7, 11) is 0. The molecular weight excluding hydrogens is 400 g/mol. The molecule has 2 aliphatic rings. The Morgan fingerprint density at radius 1 is 0.812 bits per heavy atom. The second-order valence-corrected chi connectivity index (χ2v) is 8.46.